The van der Waals surface area contributed by atoms with Gasteiger partial charge >= 0.3 is 0 Å². The maximum Gasteiger partial charge on any atom is 0.238 e. The van der Waals surface area contributed by atoms with Gasteiger partial charge in [-0.15, -0.1) is 0 Å². The number of hydrogen-bond donors (Lipinski definition) is 1. The number of pyridine rings is 1. The van der Waals surface area contributed by atoms with Crippen LogP contribution in [0.2, 0.25) is 10.0 Å². The third kappa shape index (κ3) is 5.30. The van der Waals surface area contributed by atoms with Crippen molar-refractivity contribution in [2.45, 2.75) is 6.42 Å². The Morgan fingerprint density at radius 1 is 1.18 bits per heavy atom. The summed E-state index contributed by atoms with van der Waals surface area (Å²) in [5.41, 5.74) is 1.84. The van der Waals surface area contributed by atoms with Crippen molar-refractivity contribution < 1.29 is 4.79 Å². The highest BCUT2D eigenvalue weighted by Crippen LogP contribution is 2.24. The number of anilines is 1. The molecule has 2 aromatic rings. The number of rotatable bonds is 6. The van der Waals surface area contributed by atoms with Crippen LogP contribution in [0.15, 0.2) is 42.7 Å². The first kappa shape index (κ1) is 16.7. The van der Waals surface area contributed by atoms with Gasteiger partial charge in [-0.25, -0.2) is 0 Å². The van der Waals surface area contributed by atoms with E-state index >= 15 is 0 Å². The first-order valence-electron chi connectivity index (χ1n) is 6.87. The predicted molar refractivity (Wildman–Crippen MR) is 90.5 cm³/mol. The van der Waals surface area contributed by atoms with Crippen LogP contribution in [-0.4, -0.2) is 35.9 Å². The molecule has 0 unspecified atom stereocenters. The van der Waals surface area contributed by atoms with Gasteiger partial charge in [-0.3, -0.25) is 14.7 Å². The van der Waals surface area contributed by atoms with Gasteiger partial charge in [0.05, 0.1) is 16.6 Å². The van der Waals surface area contributed by atoms with Gasteiger partial charge in [0.2, 0.25) is 5.91 Å². The topological polar surface area (TPSA) is 45.2 Å². The van der Waals surface area contributed by atoms with E-state index in [1.165, 1.54) is 5.56 Å². The number of carbonyl (C=O) groups excluding carboxylic acids is 1. The Hall–Kier alpha value is -1.62. The third-order valence-corrected chi connectivity index (χ3v) is 3.89. The van der Waals surface area contributed by atoms with E-state index in [1.807, 2.05) is 24.1 Å². The summed E-state index contributed by atoms with van der Waals surface area (Å²) in [5, 5.41) is 3.69. The summed E-state index contributed by atoms with van der Waals surface area (Å²) in [6, 6.07) is 8.97. The molecule has 6 heteroatoms. The van der Waals surface area contributed by atoms with Crippen LogP contribution in [0.1, 0.15) is 5.56 Å². The Morgan fingerprint density at radius 3 is 2.59 bits per heavy atom. The van der Waals surface area contributed by atoms with E-state index in [1.54, 1.807) is 30.6 Å². The van der Waals surface area contributed by atoms with E-state index in [0.29, 0.717) is 22.3 Å². The van der Waals surface area contributed by atoms with Crippen molar-refractivity contribution in [1.29, 1.82) is 0 Å². The molecule has 0 spiro atoms. The lowest BCUT2D eigenvalue weighted by atomic mass is 10.2. The Bertz CT molecular complexity index is 635. The van der Waals surface area contributed by atoms with Crippen LogP contribution in [-0.2, 0) is 11.2 Å². The summed E-state index contributed by atoms with van der Waals surface area (Å²) in [6.07, 6.45) is 4.41. The summed E-state index contributed by atoms with van der Waals surface area (Å²) >= 11 is 11.8. The fraction of sp³-hybridized carbons (Fsp3) is 0.250. The summed E-state index contributed by atoms with van der Waals surface area (Å²) in [6.45, 7) is 1.10. The first-order chi connectivity index (χ1) is 10.5. The first-order valence-corrected chi connectivity index (χ1v) is 7.62. The highest BCUT2D eigenvalue weighted by Gasteiger charge is 2.08. The van der Waals surface area contributed by atoms with Gasteiger partial charge in [-0.05, 0) is 49.4 Å². The molecule has 22 heavy (non-hydrogen) atoms. The van der Waals surface area contributed by atoms with E-state index < -0.39 is 0 Å². The smallest absolute Gasteiger partial charge is 0.238 e. The molecule has 116 valence electrons. The molecule has 0 fully saturated rings. The summed E-state index contributed by atoms with van der Waals surface area (Å²) in [5.74, 6) is -0.0874. The maximum atomic E-state index is 12.0. The van der Waals surface area contributed by atoms with Gasteiger partial charge in [0.15, 0.2) is 0 Å². The van der Waals surface area contributed by atoms with Gasteiger partial charge in [0, 0.05) is 24.6 Å². The van der Waals surface area contributed by atoms with Crippen molar-refractivity contribution in [2.75, 3.05) is 25.5 Å². The van der Waals surface area contributed by atoms with Gasteiger partial charge in [0.25, 0.3) is 0 Å². The minimum Gasteiger partial charge on any atom is -0.325 e. The molecule has 4 nitrogen and oxygen atoms in total. The second kappa shape index (κ2) is 8.13. The standard InChI is InChI=1S/C16H17Cl2N3O/c1-21(9-6-12-4-7-19-8-5-12)11-16(22)20-13-2-3-14(17)15(18)10-13/h2-5,7-8,10H,6,9,11H2,1H3,(H,20,22). The van der Waals surface area contributed by atoms with Crippen LogP contribution in [0.4, 0.5) is 5.69 Å². The zero-order valence-electron chi connectivity index (χ0n) is 12.2. The van der Waals surface area contributed by atoms with E-state index in [9.17, 15) is 4.79 Å². The molecule has 1 aromatic heterocycles. The van der Waals surface area contributed by atoms with Crippen molar-refractivity contribution in [3.63, 3.8) is 0 Å². The average molecular weight is 338 g/mol. The van der Waals surface area contributed by atoms with E-state index in [4.69, 9.17) is 23.2 Å². The Kier molecular flexibility index (Phi) is 6.19. The SMILES string of the molecule is CN(CCc1ccncc1)CC(=O)Nc1ccc(Cl)c(Cl)c1. The summed E-state index contributed by atoms with van der Waals surface area (Å²) < 4.78 is 0. The number of nitrogens with zero attached hydrogens (tertiary/aromatic N) is 2. The van der Waals surface area contributed by atoms with Crippen molar-refractivity contribution >= 4 is 34.8 Å². The maximum absolute atomic E-state index is 12.0. The number of amides is 1. The number of hydrogen-bond acceptors (Lipinski definition) is 3. The summed E-state index contributed by atoms with van der Waals surface area (Å²) in [4.78, 5) is 17.9. The van der Waals surface area contributed by atoms with Crippen molar-refractivity contribution in [2.24, 2.45) is 0 Å². The lowest BCUT2D eigenvalue weighted by molar-refractivity contribution is -0.117. The molecular weight excluding hydrogens is 321 g/mol. The molecule has 0 radical (unpaired) electrons. The molecule has 1 N–H and O–H groups in total. The largest absolute Gasteiger partial charge is 0.325 e. The van der Waals surface area contributed by atoms with Crippen LogP contribution >= 0.6 is 23.2 Å². The molecule has 2 rings (SSSR count). The number of halogens is 2. The summed E-state index contributed by atoms with van der Waals surface area (Å²) in [7, 11) is 1.91. The molecule has 0 aliphatic heterocycles. The average Bonchev–Trinajstić information content (AvgIpc) is 2.50. The van der Waals surface area contributed by atoms with Crippen LogP contribution < -0.4 is 5.32 Å². The van der Waals surface area contributed by atoms with E-state index in [2.05, 4.69) is 10.3 Å². The van der Waals surface area contributed by atoms with Gasteiger partial charge in [0.1, 0.15) is 0 Å². The normalized spacial score (nSPS) is 10.7. The van der Waals surface area contributed by atoms with Gasteiger partial charge < -0.3 is 5.32 Å². The fourth-order valence-corrected chi connectivity index (χ4v) is 2.27. The fourth-order valence-electron chi connectivity index (χ4n) is 1.97. The molecular formula is C16H17Cl2N3O. The number of likely N-dealkylation sites (N-methyl/N-ethyl adjacent to an activating group) is 1. The van der Waals surface area contributed by atoms with Crippen molar-refractivity contribution in [3.8, 4) is 0 Å². The monoisotopic (exact) mass is 337 g/mol. The highest BCUT2D eigenvalue weighted by atomic mass is 35.5. The second-order valence-corrected chi connectivity index (χ2v) is 5.83. The number of nitrogens with one attached hydrogen (secondary N) is 1. The van der Waals surface area contributed by atoms with Gasteiger partial charge in [-0.2, -0.15) is 0 Å². The van der Waals surface area contributed by atoms with Crippen LogP contribution in [0.25, 0.3) is 0 Å². The zero-order chi connectivity index (χ0) is 15.9. The zero-order valence-corrected chi connectivity index (χ0v) is 13.7. The van der Waals surface area contributed by atoms with Crippen molar-refractivity contribution in [1.82, 2.24) is 9.88 Å². The van der Waals surface area contributed by atoms with Crippen LogP contribution in [0, 0.1) is 0 Å². The second-order valence-electron chi connectivity index (χ2n) is 5.02. The molecule has 0 aliphatic rings. The Morgan fingerprint density at radius 2 is 1.91 bits per heavy atom. The molecule has 0 atom stereocenters. The molecule has 1 aromatic carbocycles. The lowest BCUT2D eigenvalue weighted by Gasteiger charge is -2.16. The van der Waals surface area contributed by atoms with E-state index in [0.717, 1.165) is 13.0 Å². The highest BCUT2D eigenvalue weighted by molar-refractivity contribution is 6.42. The molecule has 0 aliphatic carbocycles. The number of aromatic nitrogens is 1. The minimum atomic E-state index is -0.0874. The van der Waals surface area contributed by atoms with Gasteiger partial charge in [-0.1, -0.05) is 23.2 Å². The van der Waals surface area contributed by atoms with Crippen LogP contribution in [0.5, 0.6) is 0 Å². The number of benzene rings is 1. The quantitative estimate of drug-likeness (QED) is 0.877. The molecule has 0 bridgehead atoms. The minimum absolute atomic E-state index is 0.0874. The predicted octanol–water partition coefficient (Wildman–Crippen LogP) is 3.50. The van der Waals surface area contributed by atoms with Crippen molar-refractivity contribution in [3.05, 3.63) is 58.3 Å². The van der Waals surface area contributed by atoms with Crippen LogP contribution in [0.3, 0.4) is 0 Å². The van der Waals surface area contributed by atoms with E-state index in [-0.39, 0.29) is 5.91 Å². The number of carbonyl (C=O) groups is 1. The Labute approximate surface area is 140 Å². The molecule has 1 amide bonds. The Balaban J connectivity index is 1.79. The molecule has 0 saturated carbocycles. The lowest BCUT2D eigenvalue weighted by Crippen LogP contribution is -2.31. The third-order valence-electron chi connectivity index (χ3n) is 3.15. The molecule has 1 heterocycles. The molecule has 0 saturated heterocycles.